The van der Waals surface area contributed by atoms with Gasteiger partial charge in [0.2, 0.25) is 11.8 Å². The minimum absolute atomic E-state index is 0.00238. The third-order valence-corrected chi connectivity index (χ3v) is 3.00. The van der Waals surface area contributed by atoms with E-state index in [0.717, 1.165) is 0 Å². The Balaban J connectivity index is 2.26. The zero-order chi connectivity index (χ0) is 16.6. The number of hydrogen-bond donors (Lipinski definition) is 2. The number of hydrogen-bond acceptors (Lipinski definition) is 7. The third kappa shape index (κ3) is 2.60. The number of halogens is 3. The summed E-state index contributed by atoms with van der Waals surface area (Å²) in [6.45, 7) is 0. The van der Waals surface area contributed by atoms with Crippen molar-refractivity contribution >= 4 is 22.9 Å². The molecule has 0 saturated carbocycles. The quantitative estimate of drug-likeness (QED) is 0.757. The Morgan fingerprint density at radius 2 is 1.83 bits per heavy atom. The Morgan fingerprint density at radius 3 is 2.48 bits per heavy atom. The summed E-state index contributed by atoms with van der Waals surface area (Å²) in [4.78, 5) is 19.3. The van der Waals surface area contributed by atoms with Crippen molar-refractivity contribution in [1.29, 1.82) is 0 Å². The van der Waals surface area contributed by atoms with E-state index in [-0.39, 0.29) is 17.0 Å². The summed E-state index contributed by atoms with van der Waals surface area (Å²) < 4.78 is 40.3. The summed E-state index contributed by atoms with van der Waals surface area (Å²) in [6.07, 6.45) is -1.86. The molecular weight excluding hydrogens is 313 g/mol. The van der Waals surface area contributed by atoms with Crippen LogP contribution in [0.3, 0.4) is 0 Å². The van der Waals surface area contributed by atoms with Crippen LogP contribution >= 0.6 is 0 Å². The summed E-state index contributed by atoms with van der Waals surface area (Å²) in [6, 6.07) is 1.54. The summed E-state index contributed by atoms with van der Waals surface area (Å²) in [5.74, 6) is -0.605. The van der Waals surface area contributed by atoms with E-state index in [1.165, 1.54) is 30.2 Å². The van der Waals surface area contributed by atoms with Crippen LogP contribution in [0.4, 0.5) is 24.9 Å². The van der Waals surface area contributed by atoms with Gasteiger partial charge in [0.15, 0.2) is 17.0 Å². The van der Waals surface area contributed by atoms with Crippen molar-refractivity contribution in [2.45, 2.75) is 6.18 Å². The molecule has 3 aromatic rings. The van der Waals surface area contributed by atoms with Gasteiger partial charge in [0.1, 0.15) is 12.1 Å². The maximum absolute atomic E-state index is 13.0. The van der Waals surface area contributed by atoms with Crippen LogP contribution in [0, 0.1) is 0 Å². The zero-order valence-electron chi connectivity index (χ0n) is 12.0. The van der Waals surface area contributed by atoms with E-state index in [9.17, 15) is 13.2 Å². The summed E-state index contributed by atoms with van der Waals surface area (Å²) >= 11 is 0. The summed E-state index contributed by atoms with van der Waals surface area (Å²) in [7, 11) is 3.10. The lowest BCUT2D eigenvalue weighted by molar-refractivity contribution is -0.144. The van der Waals surface area contributed by atoms with Crippen LogP contribution in [0.1, 0.15) is 5.82 Å². The standard InChI is InChI=1S/C12H11F3N8/c1-16-8-7-9(22-10(21-8)12(13,14)15)23(5-19-7)6-3-4-18-11(17-2)20-6/h3-5H,1-2H3,(H,16,21,22)(H,17,18,20). The Morgan fingerprint density at radius 1 is 1.04 bits per heavy atom. The first-order valence-electron chi connectivity index (χ1n) is 6.45. The van der Waals surface area contributed by atoms with Gasteiger partial charge >= 0.3 is 6.18 Å². The van der Waals surface area contributed by atoms with Crippen molar-refractivity contribution in [3.63, 3.8) is 0 Å². The largest absolute Gasteiger partial charge is 0.451 e. The number of aromatic nitrogens is 6. The number of fused-ring (bicyclic) bond motifs is 1. The van der Waals surface area contributed by atoms with E-state index >= 15 is 0 Å². The van der Waals surface area contributed by atoms with Gasteiger partial charge in [-0.1, -0.05) is 0 Å². The Labute approximate surface area is 127 Å². The lowest BCUT2D eigenvalue weighted by Crippen LogP contribution is -2.13. The number of rotatable bonds is 3. The lowest BCUT2D eigenvalue weighted by Gasteiger charge is -2.09. The van der Waals surface area contributed by atoms with Crippen molar-refractivity contribution in [2.24, 2.45) is 0 Å². The van der Waals surface area contributed by atoms with Crippen molar-refractivity contribution in [3.8, 4) is 5.82 Å². The van der Waals surface area contributed by atoms with Gasteiger partial charge in [0, 0.05) is 20.3 Å². The first kappa shape index (κ1) is 14.9. The van der Waals surface area contributed by atoms with Gasteiger partial charge in [-0.05, 0) is 6.07 Å². The highest BCUT2D eigenvalue weighted by Gasteiger charge is 2.36. The maximum atomic E-state index is 13.0. The molecule has 0 aromatic carbocycles. The molecule has 3 heterocycles. The number of anilines is 2. The number of nitrogens with zero attached hydrogens (tertiary/aromatic N) is 6. The molecule has 0 atom stereocenters. The molecule has 11 heteroatoms. The molecule has 0 radical (unpaired) electrons. The Bertz CT molecular complexity index is 857. The third-order valence-electron chi connectivity index (χ3n) is 3.00. The van der Waals surface area contributed by atoms with E-state index in [2.05, 4.69) is 35.6 Å². The molecule has 0 unspecified atom stereocenters. The molecule has 2 N–H and O–H groups in total. The number of nitrogens with one attached hydrogen (secondary N) is 2. The highest BCUT2D eigenvalue weighted by molar-refractivity contribution is 5.84. The second-order valence-electron chi connectivity index (χ2n) is 4.42. The van der Waals surface area contributed by atoms with Crippen LogP contribution in [0.25, 0.3) is 17.0 Å². The van der Waals surface area contributed by atoms with Crippen LogP contribution in [-0.2, 0) is 6.18 Å². The number of imidazole rings is 1. The smallest absolute Gasteiger partial charge is 0.371 e. The molecule has 0 saturated heterocycles. The molecule has 0 amide bonds. The van der Waals surface area contributed by atoms with E-state index in [0.29, 0.717) is 11.8 Å². The van der Waals surface area contributed by atoms with Gasteiger partial charge in [-0.25, -0.2) is 19.9 Å². The monoisotopic (exact) mass is 324 g/mol. The topological polar surface area (TPSA) is 93.4 Å². The molecule has 0 aliphatic carbocycles. The maximum Gasteiger partial charge on any atom is 0.451 e. The first-order valence-corrected chi connectivity index (χ1v) is 6.45. The van der Waals surface area contributed by atoms with Crippen LogP contribution in [0.5, 0.6) is 0 Å². The van der Waals surface area contributed by atoms with E-state index in [1.807, 2.05) is 0 Å². The molecule has 3 rings (SSSR count). The Hall–Kier alpha value is -2.98. The first-order chi connectivity index (χ1) is 10.9. The van der Waals surface area contributed by atoms with Crippen molar-refractivity contribution in [1.82, 2.24) is 29.5 Å². The number of alkyl halides is 3. The SMILES string of the molecule is CNc1nccc(-n2cnc3c(NC)nc(C(F)(F)F)nc32)n1. The van der Waals surface area contributed by atoms with Crippen LogP contribution < -0.4 is 10.6 Å². The van der Waals surface area contributed by atoms with Gasteiger partial charge < -0.3 is 10.6 Å². The minimum atomic E-state index is -4.67. The molecule has 0 bridgehead atoms. The van der Waals surface area contributed by atoms with Crippen LogP contribution in [0.15, 0.2) is 18.6 Å². The lowest BCUT2D eigenvalue weighted by atomic mass is 10.4. The Kier molecular flexibility index (Phi) is 3.47. The van der Waals surface area contributed by atoms with Crippen molar-refractivity contribution < 1.29 is 13.2 Å². The van der Waals surface area contributed by atoms with E-state index in [4.69, 9.17) is 0 Å². The van der Waals surface area contributed by atoms with E-state index in [1.54, 1.807) is 7.05 Å². The predicted octanol–water partition coefficient (Wildman–Crippen LogP) is 1.71. The summed E-state index contributed by atoms with van der Waals surface area (Å²) in [5.41, 5.74) is 0.211. The molecule has 3 aromatic heterocycles. The molecule has 0 fully saturated rings. The highest BCUT2D eigenvalue weighted by atomic mass is 19.4. The van der Waals surface area contributed by atoms with Crippen LogP contribution in [0.2, 0.25) is 0 Å². The minimum Gasteiger partial charge on any atom is -0.371 e. The highest BCUT2D eigenvalue weighted by Crippen LogP contribution is 2.30. The molecule has 0 aliphatic heterocycles. The fourth-order valence-electron chi connectivity index (χ4n) is 1.97. The average molecular weight is 324 g/mol. The second kappa shape index (κ2) is 5.34. The molecule has 120 valence electrons. The molecule has 23 heavy (non-hydrogen) atoms. The molecular formula is C12H11F3N8. The van der Waals surface area contributed by atoms with Gasteiger partial charge in [-0.3, -0.25) is 4.57 Å². The fourth-order valence-corrected chi connectivity index (χ4v) is 1.97. The summed E-state index contributed by atoms with van der Waals surface area (Å²) in [5, 5.41) is 5.35. The van der Waals surface area contributed by atoms with Crippen LogP contribution in [-0.4, -0.2) is 43.6 Å². The van der Waals surface area contributed by atoms with Gasteiger partial charge in [-0.2, -0.15) is 18.2 Å². The molecule has 8 nitrogen and oxygen atoms in total. The van der Waals surface area contributed by atoms with Gasteiger partial charge in [0.25, 0.3) is 0 Å². The van der Waals surface area contributed by atoms with Gasteiger partial charge in [-0.15, -0.1) is 0 Å². The average Bonchev–Trinajstić information content (AvgIpc) is 2.97. The van der Waals surface area contributed by atoms with E-state index < -0.39 is 12.0 Å². The molecule has 0 spiro atoms. The molecule has 0 aliphatic rings. The fraction of sp³-hybridized carbons (Fsp3) is 0.250. The van der Waals surface area contributed by atoms with Crippen molar-refractivity contribution in [2.75, 3.05) is 24.7 Å². The van der Waals surface area contributed by atoms with Crippen molar-refractivity contribution in [3.05, 3.63) is 24.4 Å². The predicted molar refractivity (Wildman–Crippen MR) is 76.3 cm³/mol. The van der Waals surface area contributed by atoms with Gasteiger partial charge in [0.05, 0.1) is 0 Å². The normalized spacial score (nSPS) is 11.7. The second-order valence-corrected chi connectivity index (χ2v) is 4.42. The zero-order valence-corrected chi connectivity index (χ0v) is 12.0.